The minimum Gasteiger partial charge on any atom is -0.354 e. The topological polar surface area (TPSA) is 54.3 Å². The first-order valence-electron chi connectivity index (χ1n) is 8.15. The van der Waals surface area contributed by atoms with E-state index >= 15 is 0 Å². The average molecular weight is 327 g/mol. The molecule has 0 radical (unpaired) electrons. The van der Waals surface area contributed by atoms with E-state index in [0.717, 1.165) is 11.1 Å². The lowest BCUT2D eigenvalue weighted by Crippen LogP contribution is -2.37. The van der Waals surface area contributed by atoms with Crippen LogP contribution in [0.1, 0.15) is 23.6 Å². The van der Waals surface area contributed by atoms with Gasteiger partial charge in [0, 0.05) is 25.4 Å². The number of nitrogens with one attached hydrogen (secondary N) is 1. The number of likely N-dealkylation sites (N-methyl/N-ethyl adjacent to an activating group) is 1. The second-order valence-electron chi connectivity index (χ2n) is 6.16. The number of nitrogens with zero attached hydrogens (tertiary/aromatic N) is 2. The summed E-state index contributed by atoms with van der Waals surface area (Å²) in [7, 11) is 3.80. The minimum absolute atomic E-state index is 0.0187. The fraction of sp³-hybridized carbons (Fsp3) is 0.368. The van der Waals surface area contributed by atoms with Gasteiger partial charge in [-0.1, -0.05) is 35.9 Å². The number of pyridine rings is 1. The molecule has 1 N–H and O–H groups in total. The molecule has 1 heterocycles. The van der Waals surface area contributed by atoms with Gasteiger partial charge in [0.2, 0.25) is 11.5 Å². The number of aryl methyl sites for hydroxylation is 2. The van der Waals surface area contributed by atoms with Gasteiger partial charge < -0.3 is 9.88 Å². The van der Waals surface area contributed by atoms with Crippen molar-refractivity contribution in [2.24, 2.45) is 0 Å². The first-order valence-corrected chi connectivity index (χ1v) is 8.15. The zero-order valence-corrected chi connectivity index (χ0v) is 14.5. The molecule has 1 atom stereocenters. The maximum absolute atomic E-state index is 12.6. The molecule has 0 aliphatic carbocycles. The molecular weight excluding hydrogens is 302 g/mol. The Morgan fingerprint density at radius 1 is 1.21 bits per heavy atom. The summed E-state index contributed by atoms with van der Waals surface area (Å²) in [4.78, 5) is 26.1. The Labute approximate surface area is 142 Å². The fourth-order valence-corrected chi connectivity index (χ4v) is 2.73. The van der Waals surface area contributed by atoms with Gasteiger partial charge in [-0.05, 0) is 39.1 Å². The van der Waals surface area contributed by atoms with E-state index in [9.17, 15) is 9.59 Å². The summed E-state index contributed by atoms with van der Waals surface area (Å²) in [6, 6.07) is 12.8. The van der Waals surface area contributed by atoms with Crippen LogP contribution in [0.3, 0.4) is 0 Å². The van der Waals surface area contributed by atoms with Crippen molar-refractivity contribution >= 4 is 5.91 Å². The van der Waals surface area contributed by atoms with Gasteiger partial charge in [-0.25, -0.2) is 0 Å². The third-order valence-corrected chi connectivity index (χ3v) is 3.90. The smallest absolute Gasteiger partial charge is 0.250 e. The highest BCUT2D eigenvalue weighted by molar-refractivity contribution is 5.83. The number of carbonyl (C=O) groups is 1. The molecule has 5 nitrogen and oxygen atoms in total. The molecule has 1 aromatic heterocycles. The van der Waals surface area contributed by atoms with Crippen molar-refractivity contribution in [3.05, 3.63) is 70.1 Å². The third kappa shape index (κ3) is 4.80. The van der Waals surface area contributed by atoms with E-state index in [1.54, 1.807) is 22.9 Å². The highest BCUT2D eigenvalue weighted by Crippen LogP contribution is 2.19. The number of hydrogen-bond acceptors (Lipinski definition) is 3. The van der Waals surface area contributed by atoms with Gasteiger partial charge in [0.05, 0.1) is 0 Å². The van der Waals surface area contributed by atoms with Crippen molar-refractivity contribution in [1.29, 1.82) is 0 Å². The summed E-state index contributed by atoms with van der Waals surface area (Å²) in [5.41, 5.74) is 2.10. The molecule has 5 heteroatoms. The van der Waals surface area contributed by atoms with Crippen LogP contribution >= 0.6 is 0 Å². The molecule has 0 bridgehead atoms. The summed E-state index contributed by atoms with van der Waals surface area (Å²) in [5.74, 6) is -0.0222. The predicted octanol–water partition coefficient (Wildman–Crippen LogP) is 1.97. The van der Waals surface area contributed by atoms with E-state index in [1.165, 1.54) is 0 Å². The van der Waals surface area contributed by atoms with E-state index in [4.69, 9.17) is 0 Å². The second-order valence-corrected chi connectivity index (χ2v) is 6.16. The van der Waals surface area contributed by atoms with Crippen molar-refractivity contribution < 1.29 is 4.79 Å². The normalized spacial score (nSPS) is 12.2. The Morgan fingerprint density at radius 2 is 2.00 bits per heavy atom. The molecule has 2 rings (SSSR count). The van der Waals surface area contributed by atoms with Gasteiger partial charge in [-0.3, -0.25) is 14.5 Å². The van der Waals surface area contributed by atoms with E-state index in [0.29, 0.717) is 19.5 Å². The lowest BCUT2D eigenvalue weighted by atomic mass is 10.0. The molecule has 0 aliphatic rings. The van der Waals surface area contributed by atoms with Gasteiger partial charge in [-0.2, -0.15) is 0 Å². The molecule has 1 amide bonds. The van der Waals surface area contributed by atoms with Gasteiger partial charge in [0.1, 0.15) is 6.04 Å². The van der Waals surface area contributed by atoms with E-state index in [-0.39, 0.29) is 17.5 Å². The molecule has 2 aromatic rings. The van der Waals surface area contributed by atoms with Crippen LogP contribution in [0.5, 0.6) is 0 Å². The SMILES string of the molecule is Cc1cccc(C(C(=O)NCCCn2ccccc2=O)N(C)C)c1. The maximum atomic E-state index is 12.6. The van der Waals surface area contributed by atoms with Gasteiger partial charge >= 0.3 is 0 Å². The molecule has 0 fully saturated rings. The molecule has 0 spiro atoms. The molecule has 1 aromatic carbocycles. The maximum Gasteiger partial charge on any atom is 0.250 e. The molecule has 24 heavy (non-hydrogen) atoms. The molecule has 128 valence electrons. The van der Waals surface area contributed by atoms with Crippen LogP contribution in [-0.4, -0.2) is 36.0 Å². The lowest BCUT2D eigenvalue weighted by Gasteiger charge is -2.24. The van der Waals surface area contributed by atoms with E-state index < -0.39 is 0 Å². The van der Waals surface area contributed by atoms with Gasteiger partial charge in [0.25, 0.3) is 0 Å². The van der Waals surface area contributed by atoms with Crippen molar-refractivity contribution in [3.8, 4) is 0 Å². The van der Waals surface area contributed by atoms with Gasteiger partial charge in [0.15, 0.2) is 0 Å². The summed E-state index contributed by atoms with van der Waals surface area (Å²) < 4.78 is 1.65. The van der Waals surface area contributed by atoms with Crippen LogP contribution in [0.4, 0.5) is 0 Å². The molecular formula is C19H25N3O2. The predicted molar refractivity (Wildman–Crippen MR) is 95.9 cm³/mol. The molecule has 0 saturated heterocycles. The second kappa shape index (κ2) is 8.45. The number of carbonyl (C=O) groups excluding carboxylic acids is 1. The van der Waals surface area contributed by atoms with Crippen molar-refractivity contribution in [2.75, 3.05) is 20.6 Å². The summed E-state index contributed by atoms with van der Waals surface area (Å²) in [6.07, 6.45) is 2.48. The first-order chi connectivity index (χ1) is 11.5. The number of rotatable bonds is 7. The third-order valence-electron chi connectivity index (χ3n) is 3.90. The lowest BCUT2D eigenvalue weighted by molar-refractivity contribution is -0.125. The van der Waals surface area contributed by atoms with Crippen LogP contribution in [0.15, 0.2) is 53.5 Å². The Morgan fingerprint density at radius 3 is 2.67 bits per heavy atom. The fourth-order valence-electron chi connectivity index (χ4n) is 2.73. The van der Waals surface area contributed by atoms with Crippen molar-refractivity contribution in [2.45, 2.75) is 25.9 Å². The number of hydrogen-bond donors (Lipinski definition) is 1. The van der Waals surface area contributed by atoms with Crippen molar-refractivity contribution in [1.82, 2.24) is 14.8 Å². The minimum atomic E-state index is -0.315. The molecule has 1 unspecified atom stereocenters. The number of amides is 1. The Balaban J connectivity index is 1.92. The zero-order chi connectivity index (χ0) is 17.5. The Bertz CT molecular complexity index is 737. The summed E-state index contributed by atoms with van der Waals surface area (Å²) in [6.45, 7) is 3.15. The highest BCUT2D eigenvalue weighted by Gasteiger charge is 2.22. The summed E-state index contributed by atoms with van der Waals surface area (Å²) in [5, 5.41) is 2.98. The van der Waals surface area contributed by atoms with Crippen LogP contribution in [0, 0.1) is 6.92 Å². The van der Waals surface area contributed by atoms with E-state index in [2.05, 4.69) is 5.32 Å². The van der Waals surface area contributed by atoms with E-state index in [1.807, 2.05) is 56.3 Å². The zero-order valence-electron chi connectivity index (χ0n) is 14.5. The highest BCUT2D eigenvalue weighted by atomic mass is 16.2. The Kier molecular flexibility index (Phi) is 6.32. The van der Waals surface area contributed by atoms with Crippen LogP contribution in [-0.2, 0) is 11.3 Å². The van der Waals surface area contributed by atoms with Gasteiger partial charge in [-0.15, -0.1) is 0 Å². The monoisotopic (exact) mass is 327 g/mol. The number of benzene rings is 1. The quantitative estimate of drug-likeness (QED) is 0.791. The molecule has 0 aliphatic heterocycles. The largest absolute Gasteiger partial charge is 0.354 e. The standard InChI is InChI=1S/C19H25N3O2/c1-15-8-6-9-16(14-15)18(21(2)3)19(24)20-11-7-13-22-12-5-4-10-17(22)23/h4-6,8-10,12,14,18H,7,11,13H2,1-3H3,(H,20,24). The number of aromatic nitrogens is 1. The average Bonchev–Trinajstić information content (AvgIpc) is 2.53. The van der Waals surface area contributed by atoms with Crippen LogP contribution in [0.2, 0.25) is 0 Å². The van der Waals surface area contributed by atoms with Crippen molar-refractivity contribution in [3.63, 3.8) is 0 Å². The van der Waals surface area contributed by atoms with Crippen LogP contribution in [0.25, 0.3) is 0 Å². The molecule has 0 saturated carbocycles. The Hall–Kier alpha value is -2.40. The summed E-state index contributed by atoms with van der Waals surface area (Å²) >= 11 is 0. The van der Waals surface area contributed by atoms with Crippen LogP contribution < -0.4 is 10.9 Å². The first kappa shape index (κ1) is 17.9.